The highest BCUT2D eigenvalue weighted by Gasteiger charge is 2.43. The van der Waals surface area contributed by atoms with Crippen molar-refractivity contribution in [2.24, 2.45) is 7.05 Å². The molecule has 2 heterocycles. The number of aryl methyl sites for hydroxylation is 2. The molecular formula is C17H20F3N3O3. The maximum Gasteiger partial charge on any atom is 0.408 e. The number of hydrogen-bond donors (Lipinski definition) is 1. The van der Waals surface area contributed by atoms with Gasteiger partial charge >= 0.3 is 6.18 Å². The summed E-state index contributed by atoms with van der Waals surface area (Å²) in [4.78, 5) is 0. The van der Waals surface area contributed by atoms with Gasteiger partial charge in [0.2, 0.25) is 6.79 Å². The Morgan fingerprint density at radius 3 is 2.46 bits per heavy atom. The molecule has 6 nitrogen and oxygen atoms in total. The number of alkyl halides is 3. The van der Waals surface area contributed by atoms with Gasteiger partial charge in [-0.15, -0.1) is 0 Å². The molecule has 1 aliphatic heterocycles. The van der Waals surface area contributed by atoms with E-state index in [4.69, 9.17) is 14.2 Å². The second-order valence-electron chi connectivity index (χ2n) is 6.08. The molecule has 0 fully saturated rings. The third-order valence-corrected chi connectivity index (χ3v) is 4.45. The van der Waals surface area contributed by atoms with Crippen LogP contribution in [-0.2, 0) is 13.6 Å². The summed E-state index contributed by atoms with van der Waals surface area (Å²) in [7, 11) is 3.08. The fraction of sp³-hybridized carbons (Fsp3) is 0.471. The van der Waals surface area contributed by atoms with Crippen LogP contribution in [0.5, 0.6) is 17.2 Å². The van der Waals surface area contributed by atoms with E-state index < -0.39 is 12.2 Å². The Balaban J connectivity index is 1.90. The molecule has 0 aliphatic carbocycles. The second-order valence-corrected chi connectivity index (χ2v) is 6.08. The van der Waals surface area contributed by atoms with E-state index in [-0.39, 0.29) is 18.9 Å². The van der Waals surface area contributed by atoms with E-state index in [9.17, 15) is 13.2 Å². The van der Waals surface area contributed by atoms with Crippen molar-refractivity contribution in [3.8, 4) is 17.2 Å². The van der Waals surface area contributed by atoms with Crippen molar-refractivity contribution in [1.29, 1.82) is 0 Å². The first-order valence-corrected chi connectivity index (χ1v) is 7.99. The van der Waals surface area contributed by atoms with E-state index in [2.05, 4.69) is 10.4 Å². The Morgan fingerprint density at radius 2 is 1.92 bits per heavy atom. The van der Waals surface area contributed by atoms with E-state index in [0.717, 1.165) is 0 Å². The van der Waals surface area contributed by atoms with Gasteiger partial charge in [0, 0.05) is 36.5 Å². The summed E-state index contributed by atoms with van der Waals surface area (Å²) >= 11 is 0. The van der Waals surface area contributed by atoms with Crippen molar-refractivity contribution in [2.75, 3.05) is 13.9 Å². The Kier molecular flexibility index (Phi) is 4.74. The number of nitrogens with zero attached hydrogens (tertiary/aromatic N) is 2. The van der Waals surface area contributed by atoms with Crippen LogP contribution in [0.3, 0.4) is 0 Å². The minimum absolute atomic E-state index is 0.0578. The Labute approximate surface area is 148 Å². The number of ether oxygens (including phenoxy) is 3. The zero-order valence-electron chi connectivity index (χ0n) is 14.9. The van der Waals surface area contributed by atoms with Gasteiger partial charge in [-0.2, -0.15) is 18.3 Å². The monoisotopic (exact) mass is 371 g/mol. The molecule has 1 aromatic heterocycles. The average Bonchev–Trinajstić information content (AvgIpc) is 3.11. The van der Waals surface area contributed by atoms with E-state index >= 15 is 0 Å². The lowest BCUT2D eigenvalue weighted by Gasteiger charge is -2.23. The Hall–Kier alpha value is -2.42. The highest BCUT2D eigenvalue weighted by atomic mass is 19.4. The average molecular weight is 371 g/mol. The number of halogens is 3. The molecule has 0 saturated carbocycles. The van der Waals surface area contributed by atoms with Gasteiger partial charge in [-0.3, -0.25) is 10.00 Å². The molecule has 142 valence electrons. The van der Waals surface area contributed by atoms with Gasteiger partial charge in [-0.05, 0) is 19.9 Å². The van der Waals surface area contributed by atoms with Crippen LogP contribution in [0, 0.1) is 13.8 Å². The molecule has 0 radical (unpaired) electrons. The van der Waals surface area contributed by atoms with Crippen molar-refractivity contribution in [3.63, 3.8) is 0 Å². The summed E-state index contributed by atoms with van der Waals surface area (Å²) in [6.45, 7) is 3.22. The van der Waals surface area contributed by atoms with Crippen molar-refractivity contribution < 1.29 is 27.4 Å². The van der Waals surface area contributed by atoms with Crippen LogP contribution in [0.4, 0.5) is 13.2 Å². The quantitative estimate of drug-likeness (QED) is 0.875. The topological polar surface area (TPSA) is 57.5 Å². The van der Waals surface area contributed by atoms with Crippen LogP contribution in [-0.4, -0.2) is 29.9 Å². The van der Waals surface area contributed by atoms with Gasteiger partial charge < -0.3 is 14.2 Å². The number of methoxy groups -OCH3 is 1. The van der Waals surface area contributed by atoms with E-state index in [1.165, 1.54) is 11.8 Å². The third kappa shape index (κ3) is 3.31. The largest absolute Gasteiger partial charge is 0.496 e. The molecule has 0 amide bonds. The van der Waals surface area contributed by atoms with Crippen LogP contribution in [0.25, 0.3) is 0 Å². The van der Waals surface area contributed by atoms with Crippen LogP contribution < -0.4 is 19.5 Å². The maximum atomic E-state index is 13.7. The van der Waals surface area contributed by atoms with Gasteiger partial charge in [0.25, 0.3) is 0 Å². The van der Waals surface area contributed by atoms with Gasteiger partial charge in [0.1, 0.15) is 11.8 Å². The molecule has 2 aromatic rings. The molecular weight excluding hydrogens is 351 g/mol. The smallest absolute Gasteiger partial charge is 0.408 e. The summed E-state index contributed by atoms with van der Waals surface area (Å²) in [5, 5.41) is 6.69. The lowest BCUT2D eigenvalue weighted by atomic mass is 10.0. The summed E-state index contributed by atoms with van der Waals surface area (Å²) in [5.41, 5.74) is 1.50. The molecule has 1 aliphatic rings. The van der Waals surface area contributed by atoms with Crippen LogP contribution in [0.2, 0.25) is 0 Å². The standard InChI is InChI=1S/C17H20F3N3O3/c1-9-15(10(2)23(3)22-9)16(17(18,19)20)21-7-11-5-13-14(26-8-25-13)6-12(11)24-4/h5-6,16,21H,7-8H2,1-4H3. The van der Waals surface area contributed by atoms with Crippen LogP contribution >= 0.6 is 0 Å². The molecule has 1 unspecified atom stereocenters. The molecule has 0 bridgehead atoms. The van der Waals surface area contributed by atoms with Gasteiger partial charge in [-0.1, -0.05) is 0 Å². The summed E-state index contributed by atoms with van der Waals surface area (Å²) in [6, 6.07) is 1.40. The highest BCUT2D eigenvalue weighted by molar-refractivity contribution is 5.51. The molecule has 26 heavy (non-hydrogen) atoms. The maximum absolute atomic E-state index is 13.7. The fourth-order valence-corrected chi connectivity index (χ4v) is 3.09. The number of hydrogen-bond acceptors (Lipinski definition) is 5. The first-order chi connectivity index (χ1) is 12.2. The van der Waals surface area contributed by atoms with E-state index in [1.54, 1.807) is 33.0 Å². The summed E-state index contributed by atoms with van der Waals surface area (Å²) < 4.78 is 58.4. The first kappa shape index (κ1) is 18.4. The van der Waals surface area contributed by atoms with Crippen LogP contribution in [0.1, 0.15) is 28.6 Å². The lowest BCUT2D eigenvalue weighted by Crippen LogP contribution is -2.34. The van der Waals surface area contributed by atoms with E-state index in [0.29, 0.717) is 34.2 Å². The number of rotatable bonds is 5. The summed E-state index contributed by atoms with van der Waals surface area (Å²) in [6.07, 6.45) is -4.47. The van der Waals surface area contributed by atoms with E-state index in [1.807, 2.05) is 0 Å². The minimum Gasteiger partial charge on any atom is -0.496 e. The first-order valence-electron chi connectivity index (χ1n) is 7.99. The Morgan fingerprint density at radius 1 is 1.27 bits per heavy atom. The number of aromatic nitrogens is 2. The Bertz CT molecular complexity index is 818. The van der Waals surface area contributed by atoms with Gasteiger partial charge in [-0.25, -0.2) is 0 Å². The minimum atomic E-state index is -4.47. The second kappa shape index (κ2) is 6.71. The predicted octanol–water partition coefficient (Wildman–Crippen LogP) is 3.17. The molecule has 1 atom stereocenters. The molecule has 1 aromatic carbocycles. The zero-order valence-corrected chi connectivity index (χ0v) is 14.9. The van der Waals surface area contributed by atoms with Crippen LogP contribution in [0.15, 0.2) is 12.1 Å². The third-order valence-electron chi connectivity index (χ3n) is 4.45. The fourth-order valence-electron chi connectivity index (χ4n) is 3.09. The highest BCUT2D eigenvalue weighted by Crippen LogP contribution is 2.40. The molecule has 3 rings (SSSR count). The lowest BCUT2D eigenvalue weighted by molar-refractivity contribution is -0.158. The van der Waals surface area contributed by atoms with Gasteiger partial charge in [0.15, 0.2) is 11.5 Å². The molecule has 0 saturated heterocycles. The normalized spacial score (nSPS) is 14.6. The number of fused-ring (bicyclic) bond motifs is 1. The van der Waals surface area contributed by atoms with Crippen molar-refractivity contribution >= 4 is 0 Å². The molecule has 0 spiro atoms. The van der Waals surface area contributed by atoms with Crippen molar-refractivity contribution in [3.05, 3.63) is 34.6 Å². The van der Waals surface area contributed by atoms with Crippen molar-refractivity contribution in [1.82, 2.24) is 15.1 Å². The summed E-state index contributed by atoms with van der Waals surface area (Å²) in [5.74, 6) is 1.43. The SMILES string of the molecule is COc1cc2c(cc1CNC(c1c(C)nn(C)c1C)C(F)(F)F)OCO2. The van der Waals surface area contributed by atoms with Crippen molar-refractivity contribution in [2.45, 2.75) is 32.6 Å². The molecule has 1 N–H and O–H groups in total. The molecule has 9 heteroatoms. The number of benzene rings is 1. The predicted molar refractivity (Wildman–Crippen MR) is 87.4 cm³/mol. The van der Waals surface area contributed by atoms with Gasteiger partial charge in [0.05, 0.1) is 12.8 Å². The zero-order chi connectivity index (χ0) is 19.1. The number of nitrogens with one attached hydrogen (secondary N) is 1.